The molecule has 0 atom stereocenters. The average molecular weight is 495 g/mol. The fourth-order valence-electron chi connectivity index (χ4n) is 4.60. The summed E-state index contributed by atoms with van der Waals surface area (Å²) in [5.41, 5.74) is 1.08. The Kier molecular flexibility index (Phi) is 8.65. The Morgan fingerprint density at radius 1 is 1.11 bits per heavy atom. The molecule has 192 valence electrons. The van der Waals surface area contributed by atoms with Gasteiger partial charge in [-0.25, -0.2) is 4.98 Å². The van der Waals surface area contributed by atoms with E-state index in [2.05, 4.69) is 14.9 Å². The molecule has 0 radical (unpaired) electrons. The van der Waals surface area contributed by atoms with Gasteiger partial charge in [-0.05, 0) is 49.1 Å². The summed E-state index contributed by atoms with van der Waals surface area (Å²) in [6.45, 7) is 2.44. The molecule has 1 aliphatic rings. The average Bonchev–Trinajstić information content (AvgIpc) is 3.59. The van der Waals surface area contributed by atoms with Crippen molar-refractivity contribution >= 4 is 11.8 Å². The van der Waals surface area contributed by atoms with Crippen molar-refractivity contribution in [3.63, 3.8) is 0 Å². The monoisotopic (exact) mass is 494 g/mol. The fourth-order valence-corrected chi connectivity index (χ4v) is 4.60. The lowest BCUT2D eigenvalue weighted by molar-refractivity contribution is -0.132. The second-order valence-electron chi connectivity index (χ2n) is 9.00. The third-order valence-electron chi connectivity index (χ3n) is 6.56. The number of furan rings is 1. The van der Waals surface area contributed by atoms with Crippen LogP contribution in [0.15, 0.2) is 53.4 Å². The van der Waals surface area contributed by atoms with Gasteiger partial charge in [0.05, 0.1) is 27.0 Å². The van der Waals surface area contributed by atoms with Gasteiger partial charge in [0.25, 0.3) is 0 Å². The van der Waals surface area contributed by atoms with Crippen LogP contribution in [0.5, 0.6) is 11.5 Å². The number of ether oxygens (including phenoxy) is 2. The maximum atomic E-state index is 12.7. The normalized spacial score (nSPS) is 14.0. The van der Waals surface area contributed by atoms with Crippen LogP contribution in [-0.2, 0) is 22.7 Å². The summed E-state index contributed by atoms with van der Waals surface area (Å²) in [5, 5.41) is 2.81. The van der Waals surface area contributed by atoms with Crippen LogP contribution in [0.25, 0.3) is 0 Å². The topological polar surface area (TPSA) is 98.8 Å². The molecule has 1 N–H and O–H groups in total. The summed E-state index contributed by atoms with van der Waals surface area (Å²) < 4.78 is 18.2. The molecule has 0 bridgehead atoms. The highest BCUT2D eigenvalue weighted by Crippen LogP contribution is 2.29. The Balaban J connectivity index is 1.23. The summed E-state index contributed by atoms with van der Waals surface area (Å²) in [5.74, 6) is 3.60. The molecular weight excluding hydrogens is 460 g/mol. The van der Waals surface area contributed by atoms with Gasteiger partial charge in [-0.1, -0.05) is 0 Å². The number of hydrogen-bond acceptors (Lipinski definition) is 6. The van der Waals surface area contributed by atoms with Crippen molar-refractivity contribution in [3.8, 4) is 11.5 Å². The molecule has 1 saturated heterocycles. The molecule has 3 aromatic rings. The minimum Gasteiger partial charge on any atom is -0.497 e. The van der Waals surface area contributed by atoms with Crippen LogP contribution in [0.3, 0.4) is 0 Å². The molecule has 1 fully saturated rings. The number of nitrogens with one attached hydrogen (secondary N) is 1. The summed E-state index contributed by atoms with van der Waals surface area (Å²) >= 11 is 0. The van der Waals surface area contributed by atoms with Crippen LogP contribution in [0.4, 0.5) is 0 Å². The molecule has 4 rings (SSSR count). The van der Waals surface area contributed by atoms with E-state index in [0.717, 1.165) is 35.7 Å². The van der Waals surface area contributed by atoms with E-state index in [4.69, 9.17) is 13.9 Å². The molecule has 0 unspecified atom stereocenters. The van der Waals surface area contributed by atoms with E-state index < -0.39 is 0 Å². The SMILES string of the molecule is COc1cc(Cn2ccnc2C2CCN(C(=O)CCCC(=O)NCc3ccco3)CC2)cc(OC)c1. The van der Waals surface area contributed by atoms with Crippen LogP contribution in [-0.4, -0.2) is 53.6 Å². The van der Waals surface area contributed by atoms with Crippen molar-refractivity contribution in [2.75, 3.05) is 27.3 Å². The molecule has 1 aromatic carbocycles. The van der Waals surface area contributed by atoms with E-state index in [1.165, 1.54) is 0 Å². The molecule has 1 aliphatic heterocycles. The van der Waals surface area contributed by atoms with Crippen molar-refractivity contribution in [2.45, 2.75) is 51.1 Å². The van der Waals surface area contributed by atoms with Gasteiger partial charge in [-0.3, -0.25) is 9.59 Å². The number of aromatic nitrogens is 2. The van der Waals surface area contributed by atoms with Crippen molar-refractivity contribution in [1.29, 1.82) is 0 Å². The molecule has 0 spiro atoms. The summed E-state index contributed by atoms with van der Waals surface area (Å²) in [7, 11) is 3.29. The zero-order valence-corrected chi connectivity index (χ0v) is 20.9. The molecule has 36 heavy (non-hydrogen) atoms. The number of imidazole rings is 1. The van der Waals surface area contributed by atoms with Gasteiger partial charge < -0.3 is 28.7 Å². The van der Waals surface area contributed by atoms with E-state index in [9.17, 15) is 9.59 Å². The zero-order valence-electron chi connectivity index (χ0n) is 20.9. The molecule has 0 saturated carbocycles. The van der Waals surface area contributed by atoms with E-state index in [-0.39, 0.29) is 11.8 Å². The Hall–Kier alpha value is -3.75. The van der Waals surface area contributed by atoms with Gasteiger partial charge in [0.15, 0.2) is 0 Å². The first-order valence-electron chi connectivity index (χ1n) is 12.4. The molecular formula is C27H34N4O5. The van der Waals surface area contributed by atoms with Gasteiger partial charge in [0.2, 0.25) is 11.8 Å². The second-order valence-corrected chi connectivity index (χ2v) is 9.00. The minimum atomic E-state index is -0.0709. The number of carbonyl (C=O) groups is 2. The van der Waals surface area contributed by atoms with Gasteiger partial charge in [0.1, 0.15) is 23.1 Å². The van der Waals surface area contributed by atoms with Crippen molar-refractivity contribution in [1.82, 2.24) is 19.8 Å². The van der Waals surface area contributed by atoms with E-state index in [1.807, 2.05) is 41.6 Å². The quantitative estimate of drug-likeness (QED) is 0.436. The lowest BCUT2D eigenvalue weighted by atomic mass is 9.95. The highest BCUT2D eigenvalue weighted by atomic mass is 16.5. The van der Waals surface area contributed by atoms with Gasteiger partial charge >= 0.3 is 0 Å². The second kappa shape index (κ2) is 12.3. The van der Waals surface area contributed by atoms with E-state index in [0.29, 0.717) is 57.1 Å². The molecule has 2 aromatic heterocycles. The van der Waals surface area contributed by atoms with Gasteiger partial charge in [-0.2, -0.15) is 0 Å². The number of amides is 2. The summed E-state index contributed by atoms with van der Waals surface area (Å²) in [4.78, 5) is 31.2. The van der Waals surface area contributed by atoms with Crippen molar-refractivity contribution in [3.05, 3.63) is 66.1 Å². The zero-order chi connectivity index (χ0) is 25.3. The first-order valence-corrected chi connectivity index (χ1v) is 12.4. The number of likely N-dealkylation sites (tertiary alicyclic amines) is 1. The first-order chi connectivity index (χ1) is 17.6. The number of piperidine rings is 1. The van der Waals surface area contributed by atoms with Crippen LogP contribution in [0, 0.1) is 0 Å². The van der Waals surface area contributed by atoms with E-state index >= 15 is 0 Å². The highest BCUT2D eigenvalue weighted by Gasteiger charge is 2.26. The summed E-state index contributed by atoms with van der Waals surface area (Å²) in [6, 6.07) is 9.47. The Morgan fingerprint density at radius 2 is 1.86 bits per heavy atom. The fraction of sp³-hybridized carbons (Fsp3) is 0.444. The number of hydrogen-bond donors (Lipinski definition) is 1. The summed E-state index contributed by atoms with van der Waals surface area (Å²) in [6.07, 6.45) is 8.39. The largest absolute Gasteiger partial charge is 0.497 e. The Bertz CT molecular complexity index is 1110. The number of methoxy groups -OCH3 is 2. The van der Waals surface area contributed by atoms with Crippen LogP contribution < -0.4 is 14.8 Å². The lowest BCUT2D eigenvalue weighted by Gasteiger charge is -2.32. The van der Waals surface area contributed by atoms with Gasteiger partial charge in [-0.15, -0.1) is 0 Å². The molecule has 3 heterocycles. The van der Waals surface area contributed by atoms with Crippen LogP contribution >= 0.6 is 0 Å². The highest BCUT2D eigenvalue weighted by molar-refractivity contribution is 5.79. The number of nitrogens with zero attached hydrogens (tertiary/aromatic N) is 3. The van der Waals surface area contributed by atoms with Crippen molar-refractivity contribution in [2.24, 2.45) is 0 Å². The lowest BCUT2D eigenvalue weighted by Crippen LogP contribution is -2.38. The third-order valence-corrected chi connectivity index (χ3v) is 6.56. The maximum Gasteiger partial charge on any atom is 0.222 e. The molecule has 2 amide bonds. The molecule has 9 heteroatoms. The minimum absolute atomic E-state index is 0.0709. The number of carbonyl (C=O) groups excluding carboxylic acids is 2. The van der Waals surface area contributed by atoms with Gasteiger partial charge in [0, 0.05) is 56.9 Å². The number of benzene rings is 1. The van der Waals surface area contributed by atoms with Crippen molar-refractivity contribution < 1.29 is 23.5 Å². The Labute approximate surface area is 211 Å². The first kappa shape index (κ1) is 25.3. The molecule has 0 aliphatic carbocycles. The Morgan fingerprint density at radius 3 is 2.53 bits per heavy atom. The molecule has 9 nitrogen and oxygen atoms in total. The smallest absolute Gasteiger partial charge is 0.222 e. The predicted octanol–water partition coefficient (Wildman–Crippen LogP) is 3.73. The maximum absolute atomic E-state index is 12.7. The van der Waals surface area contributed by atoms with E-state index in [1.54, 1.807) is 26.5 Å². The third kappa shape index (κ3) is 6.68. The number of rotatable bonds is 11. The predicted molar refractivity (Wildman–Crippen MR) is 134 cm³/mol. The van der Waals surface area contributed by atoms with Crippen LogP contribution in [0.2, 0.25) is 0 Å². The van der Waals surface area contributed by atoms with Crippen LogP contribution in [0.1, 0.15) is 55.2 Å². The standard InChI is InChI=1S/C27H34N4O5/c1-34-23-15-20(16-24(17-23)35-2)19-31-13-10-28-27(31)21-8-11-30(12-9-21)26(33)7-3-6-25(32)29-18-22-5-4-14-36-22/h4-5,10,13-17,21H,3,6-9,11-12,18-19H2,1-2H3,(H,29,32).